The highest BCUT2D eigenvalue weighted by Crippen LogP contribution is 2.44. The molecule has 1 saturated heterocycles. The van der Waals surface area contributed by atoms with Crippen molar-refractivity contribution < 1.29 is 48.4 Å². The minimum absolute atomic E-state index is 0.291. The molecule has 2 aliphatic heterocycles. The number of rotatable bonds is 7. The zero-order valence-corrected chi connectivity index (χ0v) is 17.1. The van der Waals surface area contributed by atoms with E-state index in [0.29, 0.717) is 5.56 Å². The highest BCUT2D eigenvalue weighted by Gasteiger charge is 2.44. The molecule has 6 N–H and O–H groups in total. The van der Waals surface area contributed by atoms with Crippen molar-refractivity contribution >= 4 is 7.82 Å². The van der Waals surface area contributed by atoms with Crippen molar-refractivity contribution in [2.24, 2.45) is 0 Å². The van der Waals surface area contributed by atoms with Crippen LogP contribution in [0, 0.1) is 6.92 Å². The number of aromatic amines is 1. The van der Waals surface area contributed by atoms with Crippen LogP contribution in [0.15, 0.2) is 27.9 Å². The van der Waals surface area contributed by atoms with Crippen LogP contribution in [0.3, 0.4) is 0 Å². The third kappa shape index (κ3) is 5.56. The molecule has 0 saturated carbocycles. The quantitative estimate of drug-likeness (QED) is 0.178. The zero-order chi connectivity index (χ0) is 22.9. The first-order chi connectivity index (χ1) is 14.5. The molecule has 174 valence electrons. The summed E-state index contributed by atoms with van der Waals surface area (Å²) in [6, 6.07) is 0. The molecule has 3 rings (SSSR count). The van der Waals surface area contributed by atoms with Crippen LogP contribution in [0.25, 0.3) is 0 Å². The van der Waals surface area contributed by atoms with Gasteiger partial charge in [0.15, 0.2) is 12.5 Å². The van der Waals surface area contributed by atoms with Crippen LogP contribution < -0.4 is 11.2 Å². The molecule has 14 nitrogen and oxygen atoms in total. The van der Waals surface area contributed by atoms with E-state index in [1.165, 1.54) is 25.3 Å². The van der Waals surface area contributed by atoms with E-state index in [-0.39, 0.29) is 0 Å². The number of aromatic nitrogens is 2. The third-order valence-electron chi connectivity index (χ3n) is 4.72. The Morgan fingerprint density at radius 1 is 1.06 bits per heavy atom. The Morgan fingerprint density at radius 3 is 2.45 bits per heavy atom. The minimum Gasteiger partial charge on any atom is -0.387 e. The summed E-state index contributed by atoms with van der Waals surface area (Å²) >= 11 is 0. The number of aliphatic hydroxyl groups is 4. The maximum atomic E-state index is 12.1. The van der Waals surface area contributed by atoms with Gasteiger partial charge in [-0.25, -0.2) is 9.36 Å². The van der Waals surface area contributed by atoms with E-state index in [1.54, 1.807) is 0 Å². The van der Waals surface area contributed by atoms with Crippen molar-refractivity contribution in [1.29, 1.82) is 0 Å². The fourth-order valence-corrected chi connectivity index (χ4v) is 3.70. The van der Waals surface area contributed by atoms with Gasteiger partial charge in [0.1, 0.15) is 30.5 Å². The summed E-state index contributed by atoms with van der Waals surface area (Å²) in [5, 5.41) is 38.3. The summed E-state index contributed by atoms with van der Waals surface area (Å²) < 4.78 is 33.1. The highest BCUT2D eigenvalue weighted by molar-refractivity contribution is 7.47. The van der Waals surface area contributed by atoms with Crippen molar-refractivity contribution in [3.05, 3.63) is 44.8 Å². The normalized spacial score (nSPS) is 35.2. The smallest absolute Gasteiger partial charge is 0.387 e. The van der Waals surface area contributed by atoms with Crippen LogP contribution in [0.2, 0.25) is 0 Å². The molecule has 31 heavy (non-hydrogen) atoms. The van der Waals surface area contributed by atoms with E-state index in [0.717, 1.165) is 4.57 Å². The van der Waals surface area contributed by atoms with Crippen molar-refractivity contribution in [2.75, 3.05) is 13.2 Å². The highest BCUT2D eigenvalue weighted by atomic mass is 31.2. The van der Waals surface area contributed by atoms with Gasteiger partial charge >= 0.3 is 13.5 Å². The van der Waals surface area contributed by atoms with E-state index in [9.17, 15) is 39.5 Å². The molecule has 0 aromatic carbocycles. The third-order valence-corrected chi connectivity index (χ3v) is 5.67. The lowest BCUT2D eigenvalue weighted by atomic mass is 10.00. The lowest BCUT2D eigenvalue weighted by Crippen LogP contribution is -2.58. The summed E-state index contributed by atoms with van der Waals surface area (Å²) in [6.07, 6.45) is -5.78. The van der Waals surface area contributed by atoms with Gasteiger partial charge in [-0.05, 0) is 13.0 Å². The number of phosphoric ester groups is 1. The first-order valence-corrected chi connectivity index (χ1v) is 10.6. The lowest BCUT2D eigenvalue weighted by Gasteiger charge is -2.38. The number of nitrogens with zero attached hydrogens (tertiary/aromatic N) is 1. The second kappa shape index (κ2) is 9.42. The van der Waals surface area contributed by atoms with Crippen LogP contribution in [0.1, 0.15) is 11.8 Å². The summed E-state index contributed by atoms with van der Waals surface area (Å²) in [6.45, 7) is 0.348. The first kappa shape index (κ1) is 23.9. The Bertz CT molecular complexity index is 976. The Balaban J connectivity index is 1.51. The number of aryl methyl sites for hydroxylation is 1. The standard InChI is InChI=1S/C16H23N2O12P/c1-7-4-18(16(24)17-14(7)22)10-3-2-8(29-10)5-27-31(25,26)28-6-9-11(19)12(20)13(21)15(23)30-9/h2-4,8-13,15,19-21,23H,5-6H2,1H3,(H,25,26)(H,17,22,24)/t8?,9-,10-,11-,12+,13-,15+/m1/s1. The molecule has 1 aromatic heterocycles. The molecule has 0 bridgehead atoms. The Morgan fingerprint density at radius 2 is 1.74 bits per heavy atom. The van der Waals surface area contributed by atoms with E-state index < -0.39 is 75.3 Å². The number of H-pyrrole nitrogens is 1. The van der Waals surface area contributed by atoms with Gasteiger partial charge < -0.3 is 34.8 Å². The van der Waals surface area contributed by atoms with E-state index in [1.807, 2.05) is 0 Å². The van der Waals surface area contributed by atoms with Crippen LogP contribution in [-0.2, 0) is 23.1 Å². The number of ether oxygens (including phenoxy) is 2. The van der Waals surface area contributed by atoms with Gasteiger partial charge in [0, 0.05) is 11.8 Å². The van der Waals surface area contributed by atoms with Gasteiger partial charge in [0.2, 0.25) is 0 Å². The molecule has 0 amide bonds. The molecular formula is C16H23N2O12P. The molecule has 1 fully saturated rings. The van der Waals surface area contributed by atoms with E-state index in [2.05, 4.69) is 4.98 Å². The average Bonchev–Trinajstić information content (AvgIpc) is 3.18. The second-order valence-electron chi connectivity index (χ2n) is 7.03. The number of hydrogen-bond donors (Lipinski definition) is 6. The Hall–Kier alpha value is -1.71. The van der Waals surface area contributed by atoms with Gasteiger partial charge in [-0.15, -0.1) is 0 Å². The molecule has 15 heteroatoms. The number of aliphatic hydroxyl groups excluding tert-OH is 4. The number of nitrogens with one attached hydrogen (secondary N) is 1. The maximum Gasteiger partial charge on any atom is 0.472 e. The summed E-state index contributed by atoms with van der Waals surface area (Å²) in [4.78, 5) is 35.3. The molecule has 2 aliphatic rings. The lowest BCUT2D eigenvalue weighted by molar-refractivity contribution is -0.285. The number of hydrogen-bond acceptors (Lipinski definition) is 11. The average molecular weight is 466 g/mol. The monoisotopic (exact) mass is 466 g/mol. The molecule has 1 aromatic rings. The summed E-state index contributed by atoms with van der Waals surface area (Å²) in [5.41, 5.74) is -0.925. The van der Waals surface area contributed by atoms with Crippen LogP contribution in [0.5, 0.6) is 0 Å². The van der Waals surface area contributed by atoms with Crippen molar-refractivity contribution in [2.45, 2.75) is 50.0 Å². The second-order valence-corrected chi connectivity index (χ2v) is 8.48. The summed E-state index contributed by atoms with van der Waals surface area (Å²) in [7, 11) is -4.66. The Labute approximate surface area is 174 Å². The fourth-order valence-electron chi connectivity index (χ4n) is 2.96. The van der Waals surface area contributed by atoms with Gasteiger partial charge in [-0.2, -0.15) is 0 Å². The maximum absolute atomic E-state index is 12.1. The predicted molar refractivity (Wildman–Crippen MR) is 99.7 cm³/mol. The SMILES string of the molecule is Cc1cn([C@H]2C=CC(COP(=O)(O)OC[C@H]3O[C@H](O)[C@H](O)[C@@H](O)[C@@H]3O)O2)c(=O)[nH]c1=O. The van der Waals surface area contributed by atoms with E-state index in [4.69, 9.17) is 18.5 Å². The topological polar surface area (TPSA) is 210 Å². The van der Waals surface area contributed by atoms with Gasteiger partial charge in [0.05, 0.1) is 13.2 Å². The molecular weight excluding hydrogens is 443 g/mol. The molecule has 0 aliphatic carbocycles. The van der Waals surface area contributed by atoms with Gasteiger partial charge in [-0.1, -0.05) is 6.08 Å². The van der Waals surface area contributed by atoms with Crippen molar-refractivity contribution in [1.82, 2.24) is 9.55 Å². The minimum atomic E-state index is -4.66. The largest absolute Gasteiger partial charge is 0.472 e. The van der Waals surface area contributed by atoms with Gasteiger partial charge in [-0.3, -0.25) is 23.4 Å². The predicted octanol–water partition coefficient (Wildman–Crippen LogP) is -2.77. The Kier molecular flexibility index (Phi) is 7.28. The van der Waals surface area contributed by atoms with Crippen molar-refractivity contribution in [3.8, 4) is 0 Å². The molecule has 0 radical (unpaired) electrons. The van der Waals surface area contributed by atoms with Gasteiger partial charge in [0.25, 0.3) is 5.56 Å². The number of phosphoric acid groups is 1. The van der Waals surface area contributed by atoms with Crippen LogP contribution >= 0.6 is 7.82 Å². The van der Waals surface area contributed by atoms with Crippen LogP contribution in [-0.4, -0.2) is 84.9 Å². The van der Waals surface area contributed by atoms with Crippen molar-refractivity contribution in [3.63, 3.8) is 0 Å². The molecule has 8 atom stereocenters. The molecule has 0 spiro atoms. The summed E-state index contributed by atoms with van der Waals surface area (Å²) in [5.74, 6) is 0. The first-order valence-electron chi connectivity index (χ1n) is 9.14. The fraction of sp³-hybridized carbons (Fsp3) is 0.625. The molecule has 3 heterocycles. The molecule has 2 unspecified atom stereocenters. The zero-order valence-electron chi connectivity index (χ0n) is 16.2. The van der Waals surface area contributed by atoms with Crippen LogP contribution in [0.4, 0.5) is 0 Å². The van der Waals surface area contributed by atoms with E-state index >= 15 is 0 Å².